The quantitative estimate of drug-likeness (QED) is 0.869. The molecule has 0 saturated heterocycles. The summed E-state index contributed by atoms with van der Waals surface area (Å²) in [5.74, 6) is -0.419. The largest absolute Gasteiger partial charge is 0.465 e. The molecular formula is C12H14ClNO3. The van der Waals surface area contributed by atoms with E-state index in [1.165, 1.54) is 0 Å². The highest BCUT2D eigenvalue weighted by molar-refractivity contribution is 6.30. The molecule has 0 aliphatic rings. The van der Waals surface area contributed by atoms with E-state index in [0.29, 0.717) is 10.6 Å². The van der Waals surface area contributed by atoms with Gasteiger partial charge in [-0.05, 0) is 17.7 Å². The fourth-order valence-corrected chi connectivity index (χ4v) is 1.56. The van der Waals surface area contributed by atoms with Crippen LogP contribution < -0.4 is 5.32 Å². The fourth-order valence-electron chi connectivity index (χ4n) is 1.43. The maximum absolute atomic E-state index is 11.9. The third-order valence-corrected chi connectivity index (χ3v) is 2.58. The number of Topliss-reactive ketones (excluding diaryl/α,β-unsaturated/α-hetero) is 1. The minimum atomic E-state index is -1.22. The van der Waals surface area contributed by atoms with Gasteiger partial charge in [-0.3, -0.25) is 4.79 Å². The number of halogens is 1. The van der Waals surface area contributed by atoms with Gasteiger partial charge in [0.2, 0.25) is 0 Å². The SMILES string of the molecule is CC(C)C(=O)C(NC(=O)O)c1ccc(Cl)cc1. The van der Waals surface area contributed by atoms with Gasteiger partial charge in [-0.2, -0.15) is 0 Å². The number of carboxylic acid groups (broad SMARTS) is 1. The van der Waals surface area contributed by atoms with E-state index < -0.39 is 12.1 Å². The molecule has 1 atom stereocenters. The molecule has 1 aromatic carbocycles. The Labute approximate surface area is 105 Å². The summed E-state index contributed by atoms with van der Waals surface area (Å²) < 4.78 is 0. The molecule has 1 amide bonds. The van der Waals surface area contributed by atoms with E-state index in [9.17, 15) is 9.59 Å². The molecule has 0 heterocycles. The van der Waals surface area contributed by atoms with Crippen molar-refractivity contribution in [3.8, 4) is 0 Å². The molecule has 1 rings (SSSR count). The molecule has 92 valence electrons. The summed E-state index contributed by atoms with van der Waals surface area (Å²) in [6.07, 6.45) is -1.22. The van der Waals surface area contributed by atoms with E-state index >= 15 is 0 Å². The lowest BCUT2D eigenvalue weighted by molar-refractivity contribution is -0.124. The van der Waals surface area contributed by atoms with Crippen molar-refractivity contribution in [2.75, 3.05) is 0 Å². The normalized spacial score (nSPS) is 12.2. The van der Waals surface area contributed by atoms with Crippen molar-refractivity contribution >= 4 is 23.5 Å². The lowest BCUT2D eigenvalue weighted by Crippen LogP contribution is -2.34. The van der Waals surface area contributed by atoms with Gasteiger partial charge in [0.05, 0.1) is 0 Å². The summed E-state index contributed by atoms with van der Waals surface area (Å²) in [7, 11) is 0. The monoisotopic (exact) mass is 255 g/mol. The van der Waals surface area contributed by atoms with Crippen LogP contribution in [-0.4, -0.2) is 17.0 Å². The molecule has 0 bridgehead atoms. The van der Waals surface area contributed by atoms with Crippen molar-refractivity contribution in [1.82, 2.24) is 5.32 Å². The lowest BCUT2D eigenvalue weighted by Gasteiger charge is -2.18. The first kappa shape index (κ1) is 13.5. The van der Waals surface area contributed by atoms with Crippen molar-refractivity contribution < 1.29 is 14.7 Å². The number of hydrogen-bond donors (Lipinski definition) is 2. The van der Waals surface area contributed by atoms with Crippen LogP contribution in [0.15, 0.2) is 24.3 Å². The van der Waals surface area contributed by atoms with Crippen molar-refractivity contribution in [3.05, 3.63) is 34.9 Å². The summed E-state index contributed by atoms with van der Waals surface area (Å²) in [6, 6.07) is 5.69. The van der Waals surface area contributed by atoms with Crippen molar-refractivity contribution in [1.29, 1.82) is 0 Å². The molecule has 0 spiro atoms. The van der Waals surface area contributed by atoms with E-state index in [4.69, 9.17) is 16.7 Å². The van der Waals surface area contributed by atoms with Gasteiger partial charge in [0.25, 0.3) is 0 Å². The van der Waals surface area contributed by atoms with Crippen LogP contribution in [0.4, 0.5) is 4.79 Å². The minimum Gasteiger partial charge on any atom is -0.465 e. The number of carbonyl (C=O) groups is 2. The molecular weight excluding hydrogens is 242 g/mol. The second-order valence-corrected chi connectivity index (χ2v) is 4.43. The number of benzene rings is 1. The molecule has 0 aliphatic carbocycles. The van der Waals surface area contributed by atoms with Gasteiger partial charge in [0.1, 0.15) is 6.04 Å². The number of rotatable bonds is 4. The summed E-state index contributed by atoms with van der Waals surface area (Å²) in [4.78, 5) is 22.6. The molecule has 2 N–H and O–H groups in total. The Balaban J connectivity index is 3.01. The lowest BCUT2D eigenvalue weighted by atomic mass is 9.95. The molecule has 0 aromatic heterocycles. The van der Waals surface area contributed by atoms with E-state index in [0.717, 1.165) is 0 Å². The van der Waals surface area contributed by atoms with Gasteiger partial charge in [-0.1, -0.05) is 37.6 Å². The van der Waals surface area contributed by atoms with Crippen LogP contribution in [0.5, 0.6) is 0 Å². The van der Waals surface area contributed by atoms with Gasteiger partial charge < -0.3 is 10.4 Å². The highest BCUT2D eigenvalue weighted by Crippen LogP contribution is 2.20. The van der Waals surface area contributed by atoms with Gasteiger partial charge >= 0.3 is 6.09 Å². The van der Waals surface area contributed by atoms with Crippen molar-refractivity contribution in [2.24, 2.45) is 5.92 Å². The third kappa shape index (κ3) is 3.75. The zero-order chi connectivity index (χ0) is 13.0. The van der Waals surface area contributed by atoms with Crippen LogP contribution in [0.1, 0.15) is 25.5 Å². The van der Waals surface area contributed by atoms with Crippen LogP contribution >= 0.6 is 11.6 Å². The van der Waals surface area contributed by atoms with Crippen molar-refractivity contribution in [2.45, 2.75) is 19.9 Å². The number of hydrogen-bond acceptors (Lipinski definition) is 2. The maximum Gasteiger partial charge on any atom is 0.405 e. The first-order valence-electron chi connectivity index (χ1n) is 5.20. The second-order valence-electron chi connectivity index (χ2n) is 3.99. The van der Waals surface area contributed by atoms with Gasteiger partial charge in [0, 0.05) is 10.9 Å². The topological polar surface area (TPSA) is 66.4 Å². The second kappa shape index (κ2) is 5.68. The summed E-state index contributed by atoms with van der Waals surface area (Å²) in [6.45, 7) is 3.46. The first-order chi connectivity index (χ1) is 7.91. The Morgan fingerprint density at radius 2 is 1.76 bits per heavy atom. The smallest absolute Gasteiger partial charge is 0.405 e. The number of nitrogens with one attached hydrogen (secondary N) is 1. The average Bonchev–Trinajstić information content (AvgIpc) is 2.26. The van der Waals surface area contributed by atoms with E-state index in [1.807, 2.05) is 0 Å². The highest BCUT2D eigenvalue weighted by atomic mass is 35.5. The van der Waals surface area contributed by atoms with Crippen LogP contribution in [0.3, 0.4) is 0 Å². The van der Waals surface area contributed by atoms with Crippen molar-refractivity contribution in [3.63, 3.8) is 0 Å². The predicted octanol–water partition coefficient (Wildman–Crippen LogP) is 2.87. The highest BCUT2D eigenvalue weighted by Gasteiger charge is 2.24. The molecule has 1 aromatic rings. The third-order valence-electron chi connectivity index (χ3n) is 2.32. The molecule has 0 aliphatic heterocycles. The molecule has 5 heteroatoms. The number of ketones is 1. The fraction of sp³-hybridized carbons (Fsp3) is 0.333. The zero-order valence-corrected chi connectivity index (χ0v) is 10.4. The molecule has 4 nitrogen and oxygen atoms in total. The summed E-state index contributed by atoms with van der Waals surface area (Å²) >= 11 is 5.74. The van der Waals surface area contributed by atoms with Crippen LogP contribution in [0.2, 0.25) is 5.02 Å². The zero-order valence-electron chi connectivity index (χ0n) is 9.61. The Morgan fingerprint density at radius 1 is 1.24 bits per heavy atom. The van der Waals surface area contributed by atoms with Crippen LogP contribution in [0.25, 0.3) is 0 Å². The van der Waals surface area contributed by atoms with Crippen LogP contribution in [0, 0.1) is 5.92 Å². The average molecular weight is 256 g/mol. The molecule has 17 heavy (non-hydrogen) atoms. The molecule has 0 radical (unpaired) electrons. The van der Waals surface area contributed by atoms with Gasteiger partial charge in [-0.15, -0.1) is 0 Å². The Morgan fingerprint density at radius 3 is 2.18 bits per heavy atom. The summed E-state index contributed by atoms with van der Waals surface area (Å²) in [5.41, 5.74) is 0.593. The minimum absolute atomic E-state index is 0.172. The molecule has 0 saturated carbocycles. The standard InChI is InChI=1S/C12H14ClNO3/c1-7(2)11(15)10(14-12(16)17)8-3-5-9(13)6-4-8/h3-7,10,14H,1-2H3,(H,16,17). The van der Waals surface area contributed by atoms with Crippen LogP contribution in [-0.2, 0) is 4.79 Å². The number of amides is 1. The van der Waals surface area contributed by atoms with E-state index in [1.54, 1.807) is 38.1 Å². The summed E-state index contributed by atoms with van der Waals surface area (Å²) in [5, 5.41) is 11.5. The molecule has 1 unspecified atom stereocenters. The Hall–Kier alpha value is -1.55. The first-order valence-corrected chi connectivity index (χ1v) is 5.58. The number of carbonyl (C=O) groups excluding carboxylic acids is 1. The van der Waals surface area contributed by atoms with E-state index in [-0.39, 0.29) is 11.7 Å². The van der Waals surface area contributed by atoms with E-state index in [2.05, 4.69) is 5.32 Å². The van der Waals surface area contributed by atoms with Gasteiger partial charge in [0.15, 0.2) is 5.78 Å². The Bertz CT molecular complexity index is 414. The predicted molar refractivity (Wildman–Crippen MR) is 65.2 cm³/mol. The Kier molecular flexibility index (Phi) is 4.52. The van der Waals surface area contributed by atoms with Gasteiger partial charge in [-0.25, -0.2) is 4.79 Å². The molecule has 0 fully saturated rings. The maximum atomic E-state index is 11.9.